The van der Waals surface area contributed by atoms with E-state index in [1.54, 1.807) is 0 Å². The molecule has 3 heteroatoms. The van der Waals surface area contributed by atoms with Crippen molar-refractivity contribution in [2.75, 3.05) is 0 Å². The fourth-order valence-corrected chi connectivity index (χ4v) is 1.36. The van der Waals surface area contributed by atoms with Gasteiger partial charge in [0.15, 0.2) is 6.73 Å². The van der Waals surface area contributed by atoms with Gasteiger partial charge in [-0.05, 0) is 17.5 Å². The number of para-hydroxylation sites is 1. The van der Waals surface area contributed by atoms with Crippen LogP contribution in [0.5, 0.6) is 0 Å². The highest BCUT2D eigenvalue weighted by molar-refractivity contribution is 5.79. The van der Waals surface area contributed by atoms with Gasteiger partial charge in [0.1, 0.15) is 0 Å². The van der Waals surface area contributed by atoms with Crippen LogP contribution in [0.25, 0.3) is 10.9 Å². The third-order valence-corrected chi connectivity index (χ3v) is 1.96. The van der Waals surface area contributed by atoms with E-state index in [2.05, 4.69) is 4.74 Å². The molecule has 66 valence electrons. The first-order valence-corrected chi connectivity index (χ1v) is 4.01. The first-order chi connectivity index (χ1) is 6.42. The Labute approximate surface area is 75.5 Å². The van der Waals surface area contributed by atoms with Gasteiger partial charge in [-0.25, -0.2) is 0 Å². The first-order valence-electron chi connectivity index (χ1n) is 4.01. The molecule has 0 saturated carbocycles. The van der Waals surface area contributed by atoms with Crippen LogP contribution >= 0.6 is 0 Å². The summed E-state index contributed by atoms with van der Waals surface area (Å²) in [6.45, 7) is 0.728. The zero-order valence-electron chi connectivity index (χ0n) is 7.01. The molecule has 0 radical (unpaired) electrons. The highest BCUT2D eigenvalue weighted by atomic mass is 16.5. The maximum absolute atomic E-state index is 10.0. The van der Waals surface area contributed by atoms with E-state index < -0.39 is 0 Å². The summed E-state index contributed by atoms with van der Waals surface area (Å²) in [5.74, 6) is 0. The van der Waals surface area contributed by atoms with E-state index in [1.165, 1.54) is 0 Å². The van der Waals surface area contributed by atoms with Gasteiger partial charge < -0.3 is 9.30 Å². The number of hydrogen-bond acceptors (Lipinski definition) is 2. The van der Waals surface area contributed by atoms with Gasteiger partial charge in [-0.2, -0.15) is 0 Å². The Hall–Kier alpha value is -1.77. The SMILES string of the molecule is O=COCn1ccc2ccccc21. The van der Waals surface area contributed by atoms with E-state index in [-0.39, 0.29) is 6.73 Å². The van der Waals surface area contributed by atoms with Crippen LogP contribution in [0, 0.1) is 0 Å². The smallest absolute Gasteiger partial charge is 0.294 e. The number of benzene rings is 1. The molecule has 0 saturated heterocycles. The zero-order chi connectivity index (χ0) is 9.10. The van der Waals surface area contributed by atoms with E-state index in [4.69, 9.17) is 0 Å². The Kier molecular flexibility index (Phi) is 2.00. The molecule has 0 N–H and O–H groups in total. The van der Waals surface area contributed by atoms with Crippen molar-refractivity contribution in [3.05, 3.63) is 36.5 Å². The standard InChI is InChI=1S/C10H9NO2/c12-8-13-7-11-6-5-9-3-1-2-4-10(9)11/h1-6,8H,7H2. The Morgan fingerprint density at radius 1 is 1.31 bits per heavy atom. The highest BCUT2D eigenvalue weighted by Crippen LogP contribution is 2.14. The molecule has 0 spiro atoms. The summed E-state index contributed by atoms with van der Waals surface area (Å²) in [6, 6.07) is 9.94. The summed E-state index contributed by atoms with van der Waals surface area (Å²) >= 11 is 0. The number of carbonyl (C=O) groups is 1. The van der Waals surface area contributed by atoms with Gasteiger partial charge in [0.2, 0.25) is 0 Å². The maximum Gasteiger partial charge on any atom is 0.294 e. The second-order valence-corrected chi connectivity index (χ2v) is 2.74. The summed E-state index contributed by atoms with van der Waals surface area (Å²) in [4.78, 5) is 10.0. The molecule has 0 aliphatic heterocycles. The lowest BCUT2D eigenvalue weighted by atomic mass is 10.2. The molecule has 2 rings (SSSR count). The van der Waals surface area contributed by atoms with Crippen LogP contribution in [-0.2, 0) is 16.3 Å². The molecule has 0 bridgehead atoms. The molecular weight excluding hydrogens is 166 g/mol. The Balaban J connectivity index is 2.40. The molecule has 3 nitrogen and oxygen atoms in total. The number of aromatic nitrogens is 1. The van der Waals surface area contributed by atoms with Crippen molar-refractivity contribution in [2.45, 2.75) is 6.73 Å². The van der Waals surface area contributed by atoms with Crippen LogP contribution in [-0.4, -0.2) is 11.0 Å². The molecule has 1 aromatic carbocycles. The average molecular weight is 175 g/mol. The van der Waals surface area contributed by atoms with Crippen molar-refractivity contribution < 1.29 is 9.53 Å². The van der Waals surface area contributed by atoms with Crippen LogP contribution in [0.4, 0.5) is 0 Å². The summed E-state index contributed by atoms with van der Waals surface area (Å²) in [7, 11) is 0. The molecule has 0 fully saturated rings. The van der Waals surface area contributed by atoms with E-state index >= 15 is 0 Å². The minimum Gasteiger partial charge on any atom is -0.446 e. The fraction of sp³-hybridized carbons (Fsp3) is 0.100. The molecule has 1 aromatic heterocycles. The van der Waals surface area contributed by atoms with Crippen molar-refractivity contribution in [3.63, 3.8) is 0 Å². The van der Waals surface area contributed by atoms with Crippen LogP contribution < -0.4 is 0 Å². The van der Waals surface area contributed by atoms with Gasteiger partial charge in [-0.1, -0.05) is 18.2 Å². The molecule has 0 aliphatic carbocycles. The van der Waals surface area contributed by atoms with E-state index in [1.807, 2.05) is 41.1 Å². The van der Waals surface area contributed by atoms with E-state index in [9.17, 15) is 4.79 Å². The van der Waals surface area contributed by atoms with Crippen LogP contribution in [0.3, 0.4) is 0 Å². The number of rotatable bonds is 3. The summed E-state index contributed by atoms with van der Waals surface area (Å²) < 4.78 is 6.55. The molecule has 0 atom stereocenters. The Morgan fingerprint density at radius 3 is 3.00 bits per heavy atom. The van der Waals surface area contributed by atoms with E-state index in [0.717, 1.165) is 10.9 Å². The molecule has 0 amide bonds. The van der Waals surface area contributed by atoms with Crippen molar-refractivity contribution in [1.82, 2.24) is 4.57 Å². The number of hydrogen-bond donors (Lipinski definition) is 0. The topological polar surface area (TPSA) is 31.2 Å². The highest BCUT2D eigenvalue weighted by Gasteiger charge is 1.97. The number of fused-ring (bicyclic) bond motifs is 1. The summed E-state index contributed by atoms with van der Waals surface area (Å²) in [6.07, 6.45) is 1.90. The number of nitrogens with zero attached hydrogens (tertiary/aromatic N) is 1. The van der Waals surface area contributed by atoms with Crippen LogP contribution in [0.1, 0.15) is 0 Å². The summed E-state index contributed by atoms with van der Waals surface area (Å²) in [5, 5.41) is 1.15. The minimum atomic E-state index is 0.275. The van der Waals surface area contributed by atoms with E-state index in [0.29, 0.717) is 6.47 Å². The van der Waals surface area contributed by atoms with Crippen molar-refractivity contribution in [3.8, 4) is 0 Å². The van der Waals surface area contributed by atoms with Crippen LogP contribution in [0.15, 0.2) is 36.5 Å². The van der Waals surface area contributed by atoms with Gasteiger partial charge in [-0.15, -0.1) is 0 Å². The Bertz CT molecular complexity index is 420. The second-order valence-electron chi connectivity index (χ2n) is 2.74. The lowest BCUT2D eigenvalue weighted by molar-refractivity contribution is -0.131. The summed E-state index contributed by atoms with van der Waals surface area (Å²) in [5.41, 5.74) is 1.07. The van der Waals surface area contributed by atoms with Crippen molar-refractivity contribution >= 4 is 17.4 Å². The molecule has 1 heterocycles. The quantitative estimate of drug-likeness (QED) is 0.666. The normalized spacial score (nSPS) is 10.2. The van der Waals surface area contributed by atoms with Crippen LogP contribution in [0.2, 0.25) is 0 Å². The largest absolute Gasteiger partial charge is 0.446 e. The predicted molar refractivity (Wildman–Crippen MR) is 49.1 cm³/mol. The fourth-order valence-electron chi connectivity index (χ4n) is 1.36. The second kappa shape index (κ2) is 3.31. The third kappa shape index (κ3) is 1.40. The molecule has 0 unspecified atom stereocenters. The van der Waals surface area contributed by atoms with Crippen molar-refractivity contribution in [2.24, 2.45) is 0 Å². The number of carbonyl (C=O) groups excluding carboxylic acids is 1. The Morgan fingerprint density at radius 2 is 2.15 bits per heavy atom. The van der Waals surface area contributed by atoms with Gasteiger partial charge in [0.05, 0.1) is 5.52 Å². The minimum absolute atomic E-state index is 0.275. The van der Waals surface area contributed by atoms with Gasteiger partial charge >= 0.3 is 0 Å². The maximum atomic E-state index is 10.0. The predicted octanol–water partition coefficient (Wildman–Crippen LogP) is 1.77. The lowest BCUT2D eigenvalue weighted by Crippen LogP contribution is -1.98. The molecule has 0 aliphatic rings. The van der Waals surface area contributed by atoms with Crippen molar-refractivity contribution in [1.29, 1.82) is 0 Å². The average Bonchev–Trinajstić information content (AvgIpc) is 2.58. The number of ether oxygens (including phenoxy) is 1. The monoisotopic (exact) mass is 175 g/mol. The zero-order valence-corrected chi connectivity index (χ0v) is 7.01. The first kappa shape index (κ1) is 7.86. The molecular formula is C10H9NO2. The van der Waals surface area contributed by atoms with Gasteiger partial charge in [-0.3, -0.25) is 4.79 Å². The lowest BCUT2D eigenvalue weighted by Gasteiger charge is -2.01. The third-order valence-electron chi connectivity index (χ3n) is 1.96. The van der Waals surface area contributed by atoms with Gasteiger partial charge in [0, 0.05) is 6.20 Å². The molecule has 2 aromatic rings. The molecule has 13 heavy (non-hydrogen) atoms. The van der Waals surface area contributed by atoms with Gasteiger partial charge in [0.25, 0.3) is 6.47 Å².